The highest BCUT2D eigenvalue weighted by Gasteiger charge is 2.24. The van der Waals surface area contributed by atoms with E-state index in [1.54, 1.807) is 6.92 Å². The molecule has 0 saturated heterocycles. The van der Waals surface area contributed by atoms with Gasteiger partial charge in [-0.15, -0.1) is 0 Å². The monoisotopic (exact) mass is 179 g/mol. The zero-order chi connectivity index (χ0) is 9.42. The van der Waals surface area contributed by atoms with Crippen LogP contribution in [0.25, 0.3) is 0 Å². The fourth-order valence-electron chi connectivity index (χ4n) is 1.82. The molecule has 1 atom stereocenters. The van der Waals surface area contributed by atoms with Gasteiger partial charge in [0, 0.05) is 13.5 Å². The molecule has 13 heavy (non-hydrogen) atoms. The lowest BCUT2D eigenvalue weighted by atomic mass is 10.2. The molecule has 0 saturated carbocycles. The fraction of sp³-hybridized carbons (Fsp3) is 0.556. The Hall–Kier alpha value is -1.32. The van der Waals surface area contributed by atoms with Gasteiger partial charge in [-0.3, -0.25) is 9.48 Å². The largest absolute Gasteiger partial charge is 0.348 e. The highest BCUT2D eigenvalue weighted by Crippen LogP contribution is 2.25. The van der Waals surface area contributed by atoms with Gasteiger partial charge in [0.25, 0.3) is 0 Å². The Morgan fingerprint density at radius 1 is 1.77 bits per heavy atom. The van der Waals surface area contributed by atoms with Gasteiger partial charge in [-0.25, -0.2) is 0 Å². The lowest BCUT2D eigenvalue weighted by molar-refractivity contribution is -0.119. The van der Waals surface area contributed by atoms with Crippen LogP contribution in [0.2, 0.25) is 0 Å². The second-order valence-electron chi connectivity index (χ2n) is 3.48. The number of fused-ring (bicyclic) bond motifs is 1. The average molecular weight is 179 g/mol. The lowest BCUT2D eigenvalue weighted by Gasteiger charge is -2.08. The van der Waals surface area contributed by atoms with E-state index in [4.69, 9.17) is 0 Å². The number of amides is 1. The first-order valence-corrected chi connectivity index (χ1v) is 4.48. The summed E-state index contributed by atoms with van der Waals surface area (Å²) >= 11 is 0. The van der Waals surface area contributed by atoms with Crippen LogP contribution < -0.4 is 5.32 Å². The van der Waals surface area contributed by atoms with E-state index >= 15 is 0 Å². The van der Waals surface area contributed by atoms with Crippen molar-refractivity contribution in [1.29, 1.82) is 0 Å². The molecule has 70 valence electrons. The SMILES string of the molecule is CC(=O)N[C@@H]1CCn2nc(C)cc21. The molecule has 0 aliphatic carbocycles. The Bertz CT molecular complexity index is 343. The van der Waals surface area contributed by atoms with Gasteiger partial charge in [0.2, 0.25) is 5.91 Å². The number of hydrogen-bond donors (Lipinski definition) is 1. The number of hydrogen-bond acceptors (Lipinski definition) is 2. The molecular weight excluding hydrogens is 166 g/mol. The molecule has 0 fully saturated rings. The molecule has 1 amide bonds. The van der Waals surface area contributed by atoms with E-state index in [9.17, 15) is 4.79 Å². The van der Waals surface area contributed by atoms with Crippen molar-refractivity contribution in [2.75, 3.05) is 0 Å². The van der Waals surface area contributed by atoms with Crippen LogP contribution >= 0.6 is 0 Å². The Morgan fingerprint density at radius 2 is 2.54 bits per heavy atom. The quantitative estimate of drug-likeness (QED) is 0.692. The van der Waals surface area contributed by atoms with Crippen molar-refractivity contribution in [1.82, 2.24) is 15.1 Å². The summed E-state index contributed by atoms with van der Waals surface area (Å²) in [5.41, 5.74) is 2.15. The van der Waals surface area contributed by atoms with Crippen molar-refractivity contribution in [3.05, 3.63) is 17.5 Å². The Kier molecular flexibility index (Phi) is 1.83. The van der Waals surface area contributed by atoms with Crippen LogP contribution in [0.15, 0.2) is 6.07 Å². The molecule has 0 aromatic carbocycles. The standard InChI is InChI=1S/C9H13N3O/c1-6-5-9-8(10-7(2)13)3-4-12(9)11-6/h5,8H,3-4H2,1-2H3,(H,10,13)/t8-/m1/s1. The molecule has 1 aromatic rings. The third-order valence-electron chi connectivity index (χ3n) is 2.30. The Morgan fingerprint density at radius 3 is 3.23 bits per heavy atom. The van der Waals surface area contributed by atoms with Gasteiger partial charge in [-0.1, -0.05) is 0 Å². The van der Waals surface area contributed by atoms with Crippen LogP contribution in [0, 0.1) is 6.92 Å². The van der Waals surface area contributed by atoms with E-state index in [1.165, 1.54) is 0 Å². The molecule has 2 rings (SSSR count). The van der Waals surface area contributed by atoms with E-state index in [2.05, 4.69) is 10.4 Å². The first-order valence-electron chi connectivity index (χ1n) is 4.48. The van der Waals surface area contributed by atoms with Crippen LogP contribution in [0.1, 0.15) is 30.8 Å². The number of aryl methyl sites for hydroxylation is 2. The molecule has 1 aliphatic heterocycles. The summed E-state index contributed by atoms with van der Waals surface area (Å²) < 4.78 is 1.97. The molecule has 4 nitrogen and oxygen atoms in total. The molecule has 0 spiro atoms. The average Bonchev–Trinajstić information content (AvgIpc) is 2.51. The number of carbonyl (C=O) groups is 1. The summed E-state index contributed by atoms with van der Waals surface area (Å²) in [6, 6.07) is 2.20. The van der Waals surface area contributed by atoms with Crippen LogP contribution in [-0.4, -0.2) is 15.7 Å². The van der Waals surface area contributed by atoms with E-state index in [-0.39, 0.29) is 11.9 Å². The van der Waals surface area contributed by atoms with Gasteiger partial charge in [-0.2, -0.15) is 5.10 Å². The minimum atomic E-state index is 0.0253. The normalized spacial score (nSPS) is 20.0. The predicted molar refractivity (Wildman–Crippen MR) is 48.1 cm³/mol. The van der Waals surface area contributed by atoms with Crippen LogP contribution in [0.4, 0.5) is 0 Å². The number of rotatable bonds is 1. The Balaban J connectivity index is 2.22. The Labute approximate surface area is 76.9 Å². The van der Waals surface area contributed by atoms with Crippen molar-refractivity contribution >= 4 is 5.91 Å². The van der Waals surface area contributed by atoms with Crippen molar-refractivity contribution < 1.29 is 4.79 Å². The molecule has 2 heterocycles. The molecule has 4 heteroatoms. The number of aromatic nitrogens is 2. The van der Waals surface area contributed by atoms with Gasteiger partial charge in [0.1, 0.15) is 0 Å². The smallest absolute Gasteiger partial charge is 0.217 e. The van der Waals surface area contributed by atoms with Gasteiger partial charge in [-0.05, 0) is 19.4 Å². The summed E-state index contributed by atoms with van der Waals surface area (Å²) in [4.78, 5) is 10.9. The second-order valence-corrected chi connectivity index (χ2v) is 3.48. The van der Waals surface area contributed by atoms with E-state index in [1.807, 2.05) is 17.7 Å². The van der Waals surface area contributed by atoms with Crippen LogP contribution in [-0.2, 0) is 11.3 Å². The summed E-state index contributed by atoms with van der Waals surface area (Å²) in [5.74, 6) is 0.0253. The van der Waals surface area contributed by atoms with E-state index < -0.39 is 0 Å². The molecule has 0 bridgehead atoms. The maximum atomic E-state index is 10.9. The van der Waals surface area contributed by atoms with Crippen molar-refractivity contribution in [3.63, 3.8) is 0 Å². The van der Waals surface area contributed by atoms with Crippen LogP contribution in [0.3, 0.4) is 0 Å². The summed E-state index contributed by atoms with van der Waals surface area (Å²) in [7, 11) is 0. The van der Waals surface area contributed by atoms with E-state index in [0.717, 1.165) is 24.4 Å². The van der Waals surface area contributed by atoms with E-state index in [0.29, 0.717) is 0 Å². The van der Waals surface area contributed by atoms with Crippen LogP contribution in [0.5, 0.6) is 0 Å². The first-order chi connectivity index (χ1) is 6.16. The minimum Gasteiger partial charge on any atom is -0.348 e. The molecule has 1 N–H and O–H groups in total. The minimum absolute atomic E-state index is 0.0253. The third-order valence-corrected chi connectivity index (χ3v) is 2.30. The van der Waals surface area contributed by atoms with Crippen molar-refractivity contribution in [2.45, 2.75) is 32.9 Å². The van der Waals surface area contributed by atoms with Gasteiger partial charge < -0.3 is 5.32 Å². The van der Waals surface area contributed by atoms with Gasteiger partial charge in [0.05, 0.1) is 17.4 Å². The number of carbonyl (C=O) groups excluding carboxylic acids is 1. The zero-order valence-corrected chi connectivity index (χ0v) is 7.87. The molecule has 1 aliphatic rings. The zero-order valence-electron chi connectivity index (χ0n) is 7.87. The summed E-state index contributed by atoms with van der Waals surface area (Å²) in [6.07, 6.45) is 0.961. The molecular formula is C9H13N3O. The molecule has 0 unspecified atom stereocenters. The summed E-state index contributed by atoms with van der Waals surface area (Å²) in [6.45, 7) is 4.43. The fourth-order valence-corrected chi connectivity index (χ4v) is 1.82. The van der Waals surface area contributed by atoms with Gasteiger partial charge in [0.15, 0.2) is 0 Å². The predicted octanol–water partition coefficient (Wildman–Crippen LogP) is 0.772. The van der Waals surface area contributed by atoms with Crippen molar-refractivity contribution in [2.24, 2.45) is 0 Å². The summed E-state index contributed by atoms with van der Waals surface area (Å²) in [5, 5.41) is 7.23. The highest BCUT2D eigenvalue weighted by atomic mass is 16.1. The maximum Gasteiger partial charge on any atom is 0.217 e. The third kappa shape index (κ3) is 1.43. The highest BCUT2D eigenvalue weighted by molar-refractivity contribution is 5.73. The van der Waals surface area contributed by atoms with Gasteiger partial charge >= 0.3 is 0 Å². The number of nitrogens with zero attached hydrogens (tertiary/aromatic N) is 2. The second kappa shape index (κ2) is 2.87. The topological polar surface area (TPSA) is 46.9 Å². The molecule has 0 radical (unpaired) electrons. The van der Waals surface area contributed by atoms with Crippen molar-refractivity contribution in [3.8, 4) is 0 Å². The number of nitrogens with one attached hydrogen (secondary N) is 1. The maximum absolute atomic E-state index is 10.9. The first kappa shape index (κ1) is 8.29. The lowest BCUT2D eigenvalue weighted by Crippen LogP contribution is -2.24. The molecule has 1 aromatic heterocycles.